The molecule has 6 heteroatoms. The van der Waals surface area contributed by atoms with Crippen LogP contribution in [-0.2, 0) is 24.5 Å². The lowest BCUT2D eigenvalue weighted by atomic mass is 9.67. The van der Waals surface area contributed by atoms with Crippen molar-refractivity contribution in [3.63, 3.8) is 0 Å². The van der Waals surface area contributed by atoms with Crippen LogP contribution in [-0.4, -0.2) is 38.4 Å². The normalized spacial score (nSPS) is 13.0. The molecule has 0 atom stereocenters. The molecule has 0 radical (unpaired) electrons. The Morgan fingerprint density at radius 3 is 1.66 bits per heavy atom. The largest absolute Gasteiger partial charge is 0.490 e. The van der Waals surface area contributed by atoms with Gasteiger partial charge in [0.05, 0.1) is 5.41 Å². The Hall–Kier alpha value is -4.58. The molecule has 194 valence electrons. The van der Waals surface area contributed by atoms with Crippen molar-refractivity contribution in [3.8, 4) is 11.5 Å². The van der Waals surface area contributed by atoms with E-state index < -0.39 is 17.4 Å². The number of ether oxygens (including phenoxy) is 4. The molecule has 0 aromatic heterocycles. The van der Waals surface area contributed by atoms with E-state index in [4.69, 9.17) is 18.9 Å². The summed E-state index contributed by atoms with van der Waals surface area (Å²) in [4.78, 5) is 22.4. The van der Waals surface area contributed by atoms with Crippen LogP contribution in [0.3, 0.4) is 0 Å². The van der Waals surface area contributed by atoms with E-state index in [1.54, 1.807) is 0 Å². The molecule has 0 spiro atoms. The van der Waals surface area contributed by atoms with Gasteiger partial charge in [-0.15, -0.1) is 0 Å². The first-order valence-corrected chi connectivity index (χ1v) is 12.3. The third kappa shape index (κ3) is 5.54. The zero-order valence-electron chi connectivity index (χ0n) is 21.4. The standard InChI is InChI=1S/C32H30O6/c1-4-30(33)37-20-18-35-27-14-10-25(11-15-27)32(23(3)22-24-8-6-7-9-29(24)32)26-12-16-28(17-13-26)36-19-21-38-31(34)5-2/h4-17,22H,1-2,18-21H2,3H3. The zero-order valence-corrected chi connectivity index (χ0v) is 21.4. The molecule has 4 rings (SSSR count). The third-order valence-electron chi connectivity index (χ3n) is 6.43. The minimum Gasteiger partial charge on any atom is -0.490 e. The number of allylic oxidation sites excluding steroid dienone is 1. The fourth-order valence-electron chi connectivity index (χ4n) is 4.78. The highest BCUT2D eigenvalue weighted by Gasteiger charge is 2.42. The number of fused-ring (bicyclic) bond motifs is 1. The summed E-state index contributed by atoms with van der Waals surface area (Å²) in [5, 5.41) is 0. The van der Waals surface area contributed by atoms with Crippen molar-refractivity contribution < 1.29 is 28.5 Å². The van der Waals surface area contributed by atoms with E-state index in [1.807, 2.05) is 30.3 Å². The summed E-state index contributed by atoms with van der Waals surface area (Å²) in [5.41, 5.74) is 5.31. The summed E-state index contributed by atoms with van der Waals surface area (Å²) in [7, 11) is 0. The molecule has 0 heterocycles. The van der Waals surface area contributed by atoms with E-state index in [9.17, 15) is 9.59 Å². The average Bonchev–Trinajstić information content (AvgIpc) is 3.26. The molecule has 0 saturated heterocycles. The molecule has 0 fully saturated rings. The van der Waals surface area contributed by atoms with Crippen LogP contribution in [0, 0.1) is 0 Å². The quantitative estimate of drug-likeness (QED) is 0.178. The molecule has 0 bridgehead atoms. The predicted octanol–water partition coefficient (Wildman–Crippen LogP) is 5.65. The molecule has 6 nitrogen and oxygen atoms in total. The van der Waals surface area contributed by atoms with Crippen LogP contribution in [0.1, 0.15) is 29.2 Å². The highest BCUT2D eigenvalue weighted by molar-refractivity contribution is 5.81. The highest BCUT2D eigenvalue weighted by atomic mass is 16.6. The summed E-state index contributed by atoms with van der Waals surface area (Å²) in [6.45, 7) is 9.71. The highest BCUT2D eigenvalue weighted by Crippen LogP contribution is 2.51. The van der Waals surface area contributed by atoms with Crippen molar-refractivity contribution in [1.82, 2.24) is 0 Å². The summed E-state index contributed by atoms with van der Waals surface area (Å²) in [6.07, 6.45) is 4.48. The topological polar surface area (TPSA) is 71.1 Å². The number of carbonyl (C=O) groups excluding carboxylic acids is 2. The van der Waals surface area contributed by atoms with Gasteiger partial charge in [-0.05, 0) is 53.4 Å². The molecule has 38 heavy (non-hydrogen) atoms. The van der Waals surface area contributed by atoms with Crippen molar-refractivity contribution in [2.24, 2.45) is 0 Å². The lowest BCUT2D eigenvalue weighted by Crippen LogP contribution is -2.28. The average molecular weight is 511 g/mol. The van der Waals surface area contributed by atoms with Gasteiger partial charge in [0.1, 0.15) is 37.9 Å². The number of carbonyl (C=O) groups is 2. The second kappa shape index (κ2) is 12.1. The molecule has 0 unspecified atom stereocenters. The summed E-state index contributed by atoms with van der Waals surface area (Å²) >= 11 is 0. The number of hydrogen-bond acceptors (Lipinski definition) is 6. The smallest absolute Gasteiger partial charge is 0.330 e. The van der Waals surface area contributed by atoms with Gasteiger partial charge >= 0.3 is 11.9 Å². The maximum Gasteiger partial charge on any atom is 0.330 e. The molecule has 0 amide bonds. The first-order chi connectivity index (χ1) is 18.5. The molecule has 3 aromatic rings. The molecule has 0 N–H and O–H groups in total. The second-order valence-electron chi connectivity index (χ2n) is 8.65. The Morgan fingerprint density at radius 1 is 0.711 bits per heavy atom. The van der Waals surface area contributed by atoms with Crippen LogP contribution >= 0.6 is 0 Å². The Labute approximate surface area is 222 Å². The Kier molecular flexibility index (Phi) is 8.44. The Morgan fingerprint density at radius 2 is 1.18 bits per heavy atom. The summed E-state index contributed by atoms with van der Waals surface area (Å²) in [6, 6.07) is 24.4. The fraction of sp³-hybridized carbons (Fsp3) is 0.188. The summed E-state index contributed by atoms with van der Waals surface area (Å²) < 4.78 is 21.5. The van der Waals surface area contributed by atoms with Gasteiger partial charge in [0.2, 0.25) is 0 Å². The van der Waals surface area contributed by atoms with Crippen LogP contribution in [0.5, 0.6) is 11.5 Å². The molecule has 0 aliphatic heterocycles. The number of hydrogen-bond donors (Lipinski definition) is 0. The minimum absolute atomic E-state index is 0.150. The number of rotatable bonds is 12. The van der Waals surface area contributed by atoms with Gasteiger partial charge in [0, 0.05) is 12.2 Å². The van der Waals surface area contributed by atoms with E-state index in [0.717, 1.165) is 23.3 Å². The van der Waals surface area contributed by atoms with Crippen LogP contribution in [0.2, 0.25) is 0 Å². The monoisotopic (exact) mass is 510 g/mol. The lowest BCUT2D eigenvalue weighted by Gasteiger charge is -2.34. The van der Waals surface area contributed by atoms with E-state index in [-0.39, 0.29) is 26.4 Å². The molecule has 1 aliphatic carbocycles. The van der Waals surface area contributed by atoms with Crippen LogP contribution < -0.4 is 9.47 Å². The lowest BCUT2D eigenvalue weighted by molar-refractivity contribution is -0.139. The van der Waals surface area contributed by atoms with Crippen LogP contribution in [0.4, 0.5) is 0 Å². The van der Waals surface area contributed by atoms with Gasteiger partial charge in [-0.1, -0.05) is 73.3 Å². The van der Waals surface area contributed by atoms with E-state index in [0.29, 0.717) is 11.5 Å². The van der Waals surface area contributed by atoms with Crippen molar-refractivity contribution in [1.29, 1.82) is 0 Å². The SMILES string of the molecule is C=CC(=O)OCCOc1ccc(C2(c3ccc(OCCOC(=O)C=C)cc3)C(C)=Cc3ccccc32)cc1. The molecule has 1 aliphatic rings. The van der Waals surface area contributed by atoms with Crippen molar-refractivity contribution in [2.75, 3.05) is 26.4 Å². The number of benzene rings is 3. The predicted molar refractivity (Wildman–Crippen MR) is 146 cm³/mol. The first-order valence-electron chi connectivity index (χ1n) is 12.3. The molecule has 3 aromatic carbocycles. The van der Waals surface area contributed by atoms with Gasteiger partial charge in [0.15, 0.2) is 0 Å². The van der Waals surface area contributed by atoms with Gasteiger partial charge in [-0.3, -0.25) is 0 Å². The summed E-state index contributed by atoms with van der Waals surface area (Å²) in [5.74, 6) is 0.431. The zero-order chi connectivity index (χ0) is 27.0. The van der Waals surface area contributed by atoms with E-state index >= 15 is 0 Å². The van der Waals surface area contributed by atoms with Crippen LogP contribution in [0.25, 0.3) is 6.08 Å². The maximum atomic E-state index is 11.2. The van der Waals surface area contributed by atoms with Crippen molar-refractivity contribution in [2.45, 2.75) is 12.3 Å². The first kappa shape index (κ1) is 26.5. The van der Waals surface area contributed by atoms with E-state index in [1.165, 1.54) is 16.7 Å². The van der Waals surface area contributed by atoms with Gasteiger partial charge in [-0.2, -0.15) is 0 Å². The van der Waals surface area contributed by atoms with Crippen molar-refractivity contribution >= 4 is 18.0 Å². The molecular formula is C32H30O6. The van der Waals surface area contributed by atoms with Gasteiger partial charge < -0.3 is 18.9 Å². The molecular weight excluding hydrogens is 480 g/mol. The minimum atomic E-state index is -0.480. The molecule has 0 saturated carbocycles. The Balaban J connectivity index is 1.58. The van der Waals surface area contributed by atoms with Gasteiger partial charge in [-0.25, -0.2) is 9.59 Å². The Bertz CT molecular complexity index is 1260. The van der Waals surface area contributed by atoms with Gasteiger partial charge in [0.25, 0.3) is 0 Å². The third-order valence-corrected chi connectivity index (χ3v) is 6.43. The second-order valence-corrected chi connectivity index (χ2v) is 8.65. The number of esters is 2. The van der Waals surface area contributed by atoms with Crippen molar-refractivity contribution in [3.05, 3.63) is 126 Å². The maximum absolute atomic E-state index is 11.2. The fourth-order valence-corrected chi connectivity index (χ4v) is 4.78. The van der Waals surface area contributed by atoms with Crippen LogP contribution in [0.15, 0.2) is 104 Å². The van der Waals surface area contributed by atoms with E-state index in [2.05, 4.69) is 68.6 Å².